The second-order valence-electron chi connectivity index (χ2n) is 15.0. The highest BCUT2D eigenvalue weighted by Crippen LogP contribution is 2.76. The predicted molar refractivity (Wildman–Crippen MR) is 134 cm³/mol. The Bertz CT molecular complexity index is 1070. The van der Waals surface area contributed by atoms with Crippen LogP contribution >= 0.6 is 0 Å². The molecular weight excluding hydrogens is 488 g/mol. The Morgan fingerprint density at radius 3 is 2.42 bits per heavy atom. The molecule has 0 radical (unpaired) electrons. The molecule has 0 amide bonds. The fraction of sp³-hybridized carbons (Fsp3) is 0.933. The van der Waals surface area contributed by atoms with Crippen LogP contribution in [0.15, 0.2) is 0 Å². The molecule has 8 heteroatoms. The average molecular weight is 533 g/mol. The molecule has 0 aromatic heterocycles. The van der Waals surface area contributed by atoms with Gasteiger partial charge in [-0.05, 0) is 94.3 Å². The predicted octanol–water partition coefficient (Wildman–Crippen LogP) is 3.35. The number of hydrogen-bond acceptors (Lipinski definition) is 8. The van der Waals surface area contributed by atoms with E-state index in [2.05, 4.69) is 27.7 Å². The molecule has 3 heterocycles. The van der Waals surface area contributed by atoms with E-state index in [1.807, 2.05) is 6.92 Å². The van der Waals surface area contributed by atoms with Crippen LogP contribution in [0.5, 0.6) is 0 Å². The van der Waals surface area contributed by atoms with Gasteiger partial charge in [-0.2, -0.15) is 0 Å². The Morgan fingerprint density at radius 2 is 1.76 bits per heavy atom. The van der Waals surface area contributed by atoms with Gasteiger partial charge in [0.05, 0.1) is 29.3 Å². The van der Waals surface area contributed by atoms with E-state index in [0.717, 1.165) is 19.3 Å². The maximum atomic E-state index is 14.1. The minimum absolute atomic E-state index is 0.0310. The first-order valence-electron chi connectivity index (χ1n) is 14.8. The van der Waals surface area contributed by atoms with Gasteiger partial charge < -0.3 is 29.2 Å². The van der Waals surface area contributed by atoms with E-state index < -0.39 is 35.1 Å². The third kappa shape index (κ3) is 2.86. The first kappa shape index (κ1) is 25.7. The first-order valence-corrected chi connectivity index (χ1v) is 14.8. The SMILES string of the molecule is CC(=O)OC1CC2(C)C(CCC3C2C(O)CC24C(=O)OC5(C)C2C(CC34)OC52CC(C)C(C)(C)O2)CC1O. The standard InChI is InChI=1S/C30H44O8/c1-14-11-30(38-26(14,3)4)28(6)24-21(36-30)10-18-17-8-7-16-9-19(32)22(35-15(2)31)13-27(16,5)23(17)20(33)12-29(18,24)25(34)37-28/h14,16-24,32-33H,7-13H2,1-6H3. The van der Waals surface area contributed by atoms with Gasteiger partial charge in [0.2, 0.25) is 5.79 Å². The van der Waals surface area contributed by atoms with Crippen molar-refractivity contribution in [2.75, 3.05) is 0 Å². The van der Waals surface area contributed by atoms with Crippen LogP contribution in [-0.4, -0.2) is 63.6 Å². The zero-order chi connectivity index (χ0) is 27.2. The van der Waals surface area contributed by atoms with Crippen molar-refractivity contribution < 1.29 is 38.7 Å². The number of esters is 2. The van der Waals surface area contributed by atoms with Crippen molar-refractivity contribution in [2.24, 2.45) is 46.3 Å². The molecule has 7 rings (SSSR count). The minimum atomic E-state index is -0.947. The molecule has 8 nitrogen and oxygen atoms in total. The highest BCUT2D eigenvalue weighted by molar-refractivity contribution is 5.83. The van der Waals surface area contributed by atoms with E-state index in [9.17, 15) is 19.8 Å². The molecule has 212 valence electrons. The highest BCUT2D eigenvalue weighted by atomic mass is 16.8. The van der Waals surface area contributed by atoms with Crippen molar-refractivity contribution in [3.8, 4) is 0 Å². The fourth-order valence-corrected chi connectivity index (χ4v) is 11.3. The van der Waals surface area contributed by atoms with Crippen molar-refractivity contribution in [3.05, 3.63) is 0 Å². The Balaban J connectivity index is 1.24. The van der Waals surface area contributed by atoms with Gasteiger partial charge in [-0.3, -0.25) is 9.59 Å². The van der Waals surface area contributed by atoms with Crippen LogP contribution in [0.25, 0.3) is 0 Å². The monoisotopic (exact) mass is 532 g/mol. The summed E-state index contributed by atoms with van der Waals surface area (Å²) >= 11 is 0. The van der Waals surface area contributed by atoms with Crippen molar-refractivity contribution in [2.45, 2.75) is 128 Å². The van der Waals surface area contributed by atoms with Crippen molar-refractivity contribution >= 4 is 11.9 Å². The molecule has 7 fully saturated rings. The van der Waals surface area contributed by atoms with Crippen LogP contribution in [-0.2, 0) is 28.5 Å². The van der Waals surface area contributed by atoms with Gasteiger partial charge in [0, 0.05) is 19.3 Å². The lowest BCUT2D eigenvalue weighted by atomic mass is 9.43. The maximum absolute atomic E-state index is 14.1. The lowest BCUT2D eigenvalue weighted by Gasteiger charge is -2.62. The summed E-state index contributed by atoms with van der Waals surface area (Å²) < 4.78 is 25.5. The number of fused-ring (bicyclic) bond motifs is 5. The molecule has 7 aliphatic rings. The zero-order valence-electron chi connectivity index (χ0n) is 23.6. The van der Waals surface area contributed by atoms with E-state index in [0.29, 0.717) is 25.7 Å². The Labute approximate surface area is 225 Å². The van der Waals surface area contributed by atoms with Gasteiger partial charge in [-0.15, -0.1) is 0 Å². The van der Waals surface area contributed by atoms with E-state index in [1.165, 1.54) is 6.92 Å². The van der Waals surface area contributed by atoms with Crippen molar-refractivity contribution in [3.63, 3.8) is 0 Å². The number of aliphatic hydroxyl groups excluding tert-OH is 2. The normalized spacial score (nSPS) is 59.6. The molecule has 2 spiro atoms. The molecule has 14 unspecified atom stereocenters. The highest BCUT2D eigenvalue weighted by Gasteiger charge is 2.85. The van der Waals surface area contributed by atoms with E-state index in [-0.39, 0.29) is 64.6 Å². The summed E-state index contributed by atoms with van der Waals surface area (Å²) in [6, 6.07) is 0. The van der Waals surface area contributed by atoms with Crippen LogP contribution in [0.4, 0.5) is 0 Å². The van der Waals surface area contributed by atoms with Crippen LogP contribution in [0.2, 0.25) is 0 Å². The van der Waals surface area contributed by atoms with Gasteiger partial charge in [0.25, 0.3) is 0 Å². The summed E-state index contributed by atoms with van der Waals surface area (Å²) in [5, 5.41) is 22.7. The summed E-state index contributed by atoms with van der Waals surface area (Å²) in [5.41, 5.74) is -2.32. The second-order valence-corrected chi connectivity index (χ2v) is 15.0. The van der Waals surface area contributed by atoms with Crippen LogP contribution in [0.1, 0.15) is 86.5 Å². The lowest BCUT2D eigenvalue weighted by molar-refractivity contribution is -0.291. The van der Waals surface area contributed by atoms with E-state index in [1.54, 1.807) is 0 Å². The number of ether oxygens (including phenoxy) is 4. The van der Waals surface area contributed by atoms with Crippen LogP contribution < -0.4 is 0 Å². The quantitative estimate of drug-likeness (QED) is 0.495. The third-order valence-electron chi connectivity index (χ3n) is 13.0. The summed E-state index contributed by atoms with van der Waals surface area (Å²) in [7, 11) is 0. The minimum Gasteiger partial charge on any atom is -0.460 e. The molecule has 2 N–H and O–H groups in total. The zero-order valence-corrected chi connectivity index (χ0v) is 23.6. The Hall–Kier alpha value is -1.22. The fourth-order valence-electron chi connectivity index (χ4n) is 11.3. The Kier molecular flexibility index (Phi) is 5.10. The number of aliphatic hydroxyl groups is 2. The van der Waals surface area contributed by atoms with Gasteiger partial charge in [0.1, 0.15) is 6.10 Å². The largest absolute Gasteiger partial charge is 0.460 e. The molecular formula is C30H44O8. The molecule has 0 aromatic rings. The van der Waals surface area contributed by atoms with E-state index in [4.69, 9.17) is 18.9 Å². The first-order chi connectivity index (χ1) is 17.7. The van der Waals surface area contributed by atoms with Crippen molar-refractivity contribution in [1.82, 2.24) is 0 Å². The second kappa shape index (κ2) is 7.54. The topological polar surface area (TPSA) is 112 Å². The van der Waals surface area contributed by atoms with Crippen molar-refractivity contribution in [1.29, 1.82) is 0 Å². The molecule has 3 aliphatic heterocycles. The smallest absolute Gasteiger partial charge is 0.313 e. The Morgan fingerprint density at radius 1 is 1.03 bits per heavy atom. The molecule has 4 saturated carbocycles. The van der Waals surface area contributed by atoms with Crippen LogP contribution in [0.3, 0.4) is 0 Å². The van der Waals surface area contributed by atoms with Crippen LogP contribution in [0, 0.1) is 46.3 Å². The summed E-state index contributed by atoms with van der Waals surface area (Å²) in [6.07, 6.45) is 2.72. The molecule has 14 atom stereocenters. The van der Waals surface area contributed by atoms with Gasteiger partial charge >= 0.3 is 11.9 Å². The molecule has 4 aliphatic carbocycles. The van der Waals surface area contributed by atoms with E-state index >= 15 is 0 Å². The lowest BCUT2D eigenvalue weighted by Crippen LogP contribution is -2.62. The maximum Gasteiger partial charge on any atom is 0.313 e. The number of carbonyl (C=O) groups is 2. The molecule has 0 bridgehead atoms. The van der Waals surface area contributed by atoms with Gasteiger partial charge in [0.15, 0.2) is 5.60 Å². The number of carbonyl (C=O) groups excluding carboxylic acids is 2. The molecule has 0 aromatic carbocycles. The summed E-state index contributed by atoms with van der Waals surface area (Å²) in [4.78, 5) is 25.8. The number of hydrogen-bond donors (Lipinski definition) is 2. The number of rotatable bonds is 1. The molecule has 38 heavy (non-hydrogen) atoms. The van der Waals surface area contributed by atoms with Gasteiger partial charge in [-0.1, -0.05) is 13.8 Å². The summed E-state index contributed by atoms with van der Waals surface area (Å²) in [5.74, 6) is -0.970. The van der Waals surface area contributed by atoms with Gasteiger partial charge in [-0.25, -0.2) is 0 Å². The summed E-state index contributed by atoms with van der Waals surface area (Å²) in [6.45, 7) is 12.0. The average Bonchev–Trinajstić information content (AvgIpc) is 3.40. The third-order valence-corrected chi connectivity index (χ3v) is 13.0. The molecule has 3 saturated heterocycles.